The van der Waals surface area contributed by atoms with Crippen LogP contribution in [0.15, 0.2) is 72.8 Å². The number of anilines is 3. The summed E-state index contributed by atoms with van der Waals surface area (Å²) in [5.41, 5.74) is 5.10. The molecule has 0 atom stereocenters. The molecule has 0 saturated carbocycles. The Morgan fingerprint density at radius 2 is 1.52 bits per heavy atom. The number of methoxy groups -OCH3 is 1. The van der Waals surface area contributed by atoms with Crippen LogP contribution >= 0.6 is 0 Å². The predicted molar refractivity (Wildman–Crippen MR) is 181 cm³/mol. The highest BCUT2D eigenvalue weighted by Gasteiger charge is 2.29. The van der Waals surface area contributed by atoms with Gasteiger partial charge in [0.2, 0.25) is 5.91 Å². The van der Waals surface area contributed by atoms with Gasteiger partial charge in [-0.1, -0.05) is 36.4 Å². The molecule has 2 amide bonds. The van der Waals surface area contributed by atoms with Crippen molar-refractivity contribution in [2.75, 3.05) is 69.5 Å². The summed E-state index contributed by atoms with van der Waals surface area (Å²) >= 11 is 0. The van der Waals surface area contributed by atoms with E-state index in [9.17, 15) is 24.0 Å². The van der Waals surface area contributed by atoms with Crippen LogP contribution in [0.1, 0.15) is 27.9 Å². The molecule has 0 spiro atoms. The number of aliphatic carboxylic acids is 2. The molecule has 5 rings (SSSR count). The van der Waals surface area contributed by atoms with Crippen molar-refractivity contribution in [3.63, 3.8) is 0 Å². The molecular formula is C34H39N5O9. The maximum absolute atomic E-state index is 13.2. The number of nitrogens with one attached hydrogen (secondary N) is 2. The monoisotopic (exact) mass is 661 g/mol. The van der Waals surface area contributed by atoms with Gasteiger partial charge in [0.15, 0.2) is 0 Å². The molecule has 14 nitrogen and oxygen atoms in total. The number of carbonyl (C=O) groups excluding carboxylic acids is 3. The molecule has 6 N–H and O–H groups in total. The molecule has 3 aromatic rings. The molecule has 2 aliphatic heterocycles. The Kier molecular flexibility index (Phi) is 12.9. The van der Waals surface area contributed by atoms with E-state index >= 15 is 0 Å². The van der Waals surface area contributed by atoms with Crippen LogP contribution in [-0.2, 0) is 23.9 Å². The Hall–Kier alpha value is -5.57. The number of carbonyl (C=O) groups is 5. The highest BCUT2D eigenvalue weighted by molar-refractivity contribution is 6.37. The molecule has 14 heteroatoms. The Labute approximate surface area is 277 Å². The standard InChI is InChI=1S/C31H33N5O4.C3H4O4.H2O/c1-34-15-17-36(18-16-34)20-27(37)35(2)24-12-10-23(11-13-24)32-29(21-7-5-4-6-8-21)28-25-14-9-22(31(39)40-3)19-26(25)33-30(28)38;4-2(5)1-3(6)7;/h4-14,19,32H,15-18,20H2,1-3H3,(H,33,38);1H2,(H,4,5)(H,6,7);1H2. The summed E-state index contributed by atoms with van der Waals surface area (Å²) in [4.78, 5) is 63.1. The second-order valence-electron chi connectivity index (χ2n) is 11.0. The average Bonchev–Trinajstić information content (AvgIpc) is 3.38. The number of hydrogen-bond acceptors (Lipinski definition) is 9. The van der Waals surface area contributed by atoms with E-state index < -0.39 is 24.3 Å². The molecule has 2 aliphatic rings. The number of esters is 1. The van der Waals surface area contributed by atoms with E-state index in [-0.39, 0.29) is 17.3 Å². The van der Waals surface area contributed by atoms with E-state index in [1.165, 1.54) is 7.11 Å². The normalized spacial score (nSPS) is 15.0. The maximum atomic E-state index is 13.2. The van der Waals surface area contributed by atoms with Gasteiger partial charge in [-0.25, -0.2) is 4.79 Å². The summed E-state index contributed by atoms with van der Waals surface area (Å²) in [6, 6.07) is 22.2. The van der Waals surface area contributed by atoms with Crippen molar-refractivity contribution in [1.29, 1.82) is 0 Å². The van der Waals surface area contributed by atoms with E-state index in [0.717, 1.165) is 43.1 Å². The molecule has 48 heavy (non-hydrogen) atoms. The van der Waals surface area contributed by atoms with Crippen molar-refractivity contribution in [2.45, 2.75) is 6.42 Å². The number of likely N-dealkylation sites (N-methyl/N-ethyl adjacent to an activating group) is 2. The number of ether oxygens (including phenoxy) is 1. The number of nitrogens with zero attached hydrogens (tertiary/aromatic N) is 3. The average molecular weight is 662 g/mol. The van der Waals surface area contributed by atoms with Crippen LogP contribution in [0.4, 0.5) is 17.1 Å². The third kappa shape index (κ3) is 9.48. The van der Waals surface area contributed by atoms with Gasteiger partial charge in [-0.05, 0) is 49.0 Å². The minimum Gasteiger partial charge on any atom is -0.481 e. The van der Waals surface area contributed by atoms with Gasteiger partial charge in [0.25, 0.3) is 5.91 Å². The topological polar surface area (TPSA) is 200 Å². The number of fused-ring (bicyclic) bond motifs is 1. The van der Waals surface area contributed by atoms with Crippen molar-refractivity contribution < 1.29 is 44.4 Å². The number of rotatable bonds is 9. The number of amides is 2. The van der Waals surface area contributed by atoms with Crippen molar-refractivity contribution in [3.05, 3.63) is 89.5 Å². The highest BCUT2D eigenvalue weighted by Crippen LogP contribution is 2.38. The summed E-state index contributed by atoms with van der Waals surface area (Å²) in [6.45, 7) is 4.09. The van der Waals surface area contributed by atoms with Crippen LogP contribution in [-0.4, -0.2) is 109 Å². The lowest BCUT2D eigenvalue weighted by Crippen LogP contribution is -2.48. The van der Waals surface area contributed by atoms with E-state index in [0.29, 0.717) is 34.6 Å². The van der Waals surface area contributed by atoms with E-state index in [4.69, 9.17) is 14.9 Å². The molecule has 1 fully saturated rings. The van der Waals surface area contributed by atoms with Gasteiger partial charge in [0, 0.05) is 50.2 Å². The van der Waals surface area contributed by atoms with E-state index in [2.05, 4.69) is 27.5 Å². The van der Waals surface area contributed by atoms with Crippen LogP contribution in [0.3, 0.4) is 0 Å². The first-order chi connectivity index (χ1) is 22.5. The molecule has 0 unspecified atom stereocenters. The molecule has 1 saturated heterocycles. The second-order valence-corrected chi connectivity index (χ2v) is 11.0. The van der Waals surface area contributed by atoms with Crippen molar-refractivity contribution >= 4 is 58.1 Å². The second kappa shape index (κ2) is 16.8. The van der Waals surface area contributed by atoms with Gasteiger partial charge >= 0.3 is 17.9 Å². The lowest BCUT2D eigenvalue weighted by Gasteiger charge is -2.32. The largest absolute Gasteiger partial charge is 0.481 e. The number of carboxylic acid groups (broad SMARTS) is 2. The number of hydrogen-bond donors (Lipinski definition) is 4. The lowest BCUT2D eigenvalue weighted by molar-refractivity contribution is -0.147. The Morgan fingerprint density at radius 1 is 0.896 bits per heavy atom. The van der Waals surface area contributed by atoms with E-state index in [1.54, 1.807) is 30.1 Å². The molecule has 0 aromatic heterocycles. The SMILES string of the molecule is COC(=O)c1ccc2c(c1)NC(=O)C2=C(Nc1ccc(N(C)C(=O)CN2CCN(C)CC2)cc1)c1ccccc1.O.O=C(O)CC(=O)O. The fourth-order valence-corrected chi connectivity index (χ4v) is 5.04. The van der Waals surface area contributed by atoms with Crippen molar-refractivity contribution in [3.8, 4) is 0 Å². The summed E-state index contributed by atoms with van der Waals surface area (Å²) < 4.78 is 4.82. The molecule has 254 valence electrons. The van der Waals surface area contributed by atoms with Crippen LogP contribution in [0.5, 0.6) is 0 Å². The maximum Gasteiger partial charge on any atom is 0.337 e. The summed E-state index contributed by atoms with van der Waals surface area (Å²) in [5.74, 6) is -3.32. The molecule has 0 radical (unpaired) electrons. The van der Waals surface area contributed by atoms with Gasteiger partial charge in [-0.3, -0.25) is 24.1 Å². The van der Waals surface area contributed by atoms with Crippen LogP contribution in [0.25, 0.3) is 11.3 Å². The molecule has 2 heterocycles. The Balaban J connectivity index is 0.000000706. The summed E-state index contributed by atoms with van der Waals surface area (Å²) in [7, 11) is 5.21. The molecule has 0 bridgehead atoms. The lowest BCUT2D eigenvalue weighted by atomic mass is 9.99. The Bertz CT molecular complexity index is 1660. The predicted octanol–water partition coefficient (Wildman–Crippen LogP) is 2.34. The van der Waals surface area contributed by atoms with Crippen LogP contribution in [0.2, 0.25) is 0 Å². The first kappa shape index (κ1) is 36.9. The van der Waals surface area contributed by atoms with Gasteiger partial charge in [-0.15, -0.1) is 0 Å². The summed E-state index contributed by atoms with van der Waals surface area (Å²) in [6.07, 6.45) is -0.806. The number of carboxylic acids is 2. The van der Waals surface area contributed by atoms with Crippen molar-refractivity contribution in [2.24, 2.45) is 0 Å². The first-order valence-electron chi connectivity index (χ1n) is 14.8. The van der Waals surface area contributed by atoms with Gasteiger partial charge in [0.1, 0.15) is 6.42 Å². The van der Waals surface area contributed by atoms with E-state index in [1.807, 2.05) is 54.6 Å². The fraction of sp³-hybridized carbons (Fsp3) is 0.265. The third-order valence-electron chi connectivity index (χ3n) is 7.65. The summed E-state index contributed by atoms with van der Waals surface area (Å²) in [5, 5.41) is 21.7. The Morgan fingerprint density at radius 3 is 2.08 bits per heavy atom. The molecular weight excluding hydrogens is 622 g/mol. The number of benzene rings is 3. The van der Waals surface area contributed by atoms with Crippen LogP contribution < -0.4 is 15.5 Å². The molecule has 3 aromatic carbocycles. The zero-order chi connectivity index (χ0) is 34.1. The van der Waals surface area contributed by atoms with Gasteiger partial charge in [-0.2, -0.15) is 0 Å². The molecule has 0 aliphatic carbocycles. The van der Waals surface area contributed by atoms with Gasteiger partial charge in [0.05, 0.1) is 36.2 Å². The first-order valence-corrected chi connectivity index (χ1v) is 14.8. The zero-order valence-corrected chi connectivity index (χ0v) is 26.9. The highest BCUT2D eigenvalue weighted by atomic mass is 16.5. The van der Waals surface area contributed by atoms with Crippen LogP contribution in [0, 0.1) is 0 Å². The fourth-order valence-electron chi connectivity index (χ4n) is 5.04. The smallest absolute Gasteiger partial charge is 0.337 e. The minimum absolute atomic E-state index is 0. The quantitative estimate of drug-likeness (QED) is 0.149. The van der Waals surface area contributed by atoms with Crippen molar-refractivity contribution in [1.82, 2.24) is 9.80 Å². The van der Waals surface area contributed by atoms with Gasteiger partial charge < -0.3 is 40.9 Å². The zero-order valence-electron chi connectivity index (χ0n) is 26.9. The third-order valence-corrected chi connectivity index (χ3v) is 7.65. The minimum atomic E-state index is -1.31. The number of piperazine rings is 1.